The quantitative estimate of drug-likeness (QED) is 0.292. The van der Waals surface area contributed by atoms with Gasteiger partial charge in [-0.1, -0.05) is 37.3 Å². The lowest BCUT2D eigenvalue weighted by Gasteiger charge is -2.22. The number of amides is 3. The standard InChI is InChI=1S/C29H35N3O6/c1-8-22(37-25(34)28(2,3)4)23-20-15-14-19(31-27(36)30-17-18-12-10-9-11-13-18)16-21(20)32(24(23)33)38-26(35)29(5,6)7/h9-16H,8,17H2,1-7H3,(H2,30,31,36)/b23-22-. The molecule has 2 aromatic carbocycles. The van der Waals surface area contributed by atoms with E-state index < -0.39 is 34.7 Å². The summed E-state index contributed by atoms with van der Waals surface area (Å²) >= 11 is 0. The van der Waals surface area contributed by atoms with Crippen LogP contribution in [-0.2, 0) is 30.5 Å². The third-order valence-corrected chi connectivity index (χ3v) is 5.65. The number of hydrogen-bond acceptors (Lipinski definition) is 6. The number of allylic oxidation sites excluding steroid dienone is 1. The predicted octanol–water partition coefficient (Wildman–Crippen LogP) is 5.57. The van der Waals surface area contributed by atoms with Gasteiger partial charge in [0.2, 0.25) is 0 Å². The second kappa shape index (κ2) is 11.1. The highest BCUT2D eigenvalue weighted by Gasteiger charge is 2.41. The van der Waals surface area contributed by atoms with Crippen molar-refractivity contribution in [1.29, 1.82) is 0 Å². The zero-order chi connectivity index (χ0) is 28.3. The zero-order valence-electron chi connectivity index (χ0n) is 22.9. The van der Waals surface area contributed by atoms with Crippen LogP contribution in [0, 0.1) is 10.8 Å². The molecular weight excluding hydrogens is 486 g/mol. The zero-order valence-corrected chi connectivity index (χ0v) is 22.9. The Morgan fingerprint density at radius 2 is 1.53 bits per heavy atom. The minimum atomic E-state index is -0.883. The minimum absolute atomic E-state index is 0.127. The molecule has 3 amide bonds. The first kappa shape index (κ1) is 28.4. The van der Waals surface area contributed by atoms with Crippen molar-refractivity contribution in [2.24, 2.45) is 10.8 Å². The monoisotopic (exact) mass is 521 g/mol. The molecule has 0 spiro atoms. The minimum Gasteiger partial charge on any atom is -0.430 e. The van der Waals surface area contributed by atoms with Crippen molar-refractivity contribution in [2.45, 2.75) is 61.4 Å². The molecule has 0 bridgehead atoms. The highest BCUT2D eigenvalue weighted by molar-refractivity contribution is 6.33. The molecule has 0 aromatic heterocycles. The summed E-state index contributed by atoms with van der Waals surface area (Å²) in [5.74, 6) is -1.58. The summed E-state index contributed by atoms with van der Waals surface area (Å²) < 4.78 is 5.64. The van der Waals surface area contributed by atoms with E-state index in [4.69, 9.17) is 9.57 Å². The molecule has 0 atom stereocenters. The van der Waals surface area contributed by atoms with Crippen molar-refractivity contribution in [2.75, 3.05) is 10.4 Å². The average Bonchev–Trinajstić information content (AvgIpc) is 3.11. The lowest BCUT2D eigenvalue weighted by molar-refractivity contribution is -0.157. The first-order chi connectivity index (χ1) is 17.7. The van der Waals surface area contributed by atoms with E-state index in [0.717, 1.165) is 10.6 Å². The summed E-state index contributed by atoms with van der Waals surface area (Å²) in [7, 11) is 0. The molecule has 9 heteroatoms. The average molecular weight is 522 g/mol. The van der Waals surface area contributed by atoms with Gasteiger partial charge in [0.15, 0.2) is 0 Å². The molecule has 9 nitrogen and oxygen atoms in total. The molecule has 2 aromatic rings. The van der Waals surface area contributed by atoms with E-state index in [2.05, 4.69) is 10.6 Å². The van der Waals surface area contributed by atoms with Gasteiger partial charge in [0.25, 0.3) is 5.91 Å². The second-order valence-electron chi connectivity index (χ2n) is 11.0. The van der Waals surface area contributed by atoms with E-state index in [9.17, 15) is 19.2 Å². The number of esters is 1. The summed E-state index contributed by atoms with van der Waals surface area (Å²) in [6.07, 6.45) is 0.255. The van der Waals surface area contributed by atoms with E-state index in [1.54, 1.807) is 60.6 Å². The number of benzene rings is 2. The van der Waals surface area contributed by atoms with Crippen molar-refractivity contribution in [1.82, 2.24) is 5.32 Å². The largest absolute Gasteiger partial charge is 0.430 e. The van der Waals surface area contributed by atoms with E-state index in [0.29, 0.717) is 17.8 Å². The highest BCUT2D eigenvalue weighted by atomic mass is 16.7. The molecule has 0 saturated carbocycles. The Morgan fingerprint density at radius 3 is 2.11 bits per heavy atom. The maximum absolute atomic E-state index is 13.5. The fraction of sp³-hybridized carbons (Fsp3) is 0.379. The number of fused-ring (bicyclic) bond motifs is 1. The van der Waals surface area contributed by atoms with Crippen molar-refractivity contribution < 1.29 is 28.8 Å². The smallest absolute Gasteiger partial charge is 0.338 e. The van der Waals surface area contributed by atoms with Gasteiger partial charge >= 0.3 is 18.0 Å². The van der Waals surface area contributed by atoms with Crippen LogP contribution in [0.4, 0.5) is 16.2 Å². The van der Waals surface area contributed by atoms with Crippen LogP contribution in [0.5, 0.6) is 0 Å². The van der Waals surface area contributed by atoms with Crippen LogP contribution in [0.3, 0.4) is 0 Å². The van der Waals surface area contributed by atoms with Crippen molar-refractivity contribution >= 4 is 40.8 Å². The summed E-state index contributed by atoms with van der Waals surface area (Å²) in [6.45, 7) is 12.3. The van der Waals surface area contributed by atoms with Gasteiger partial charge in [-0.05, 0) is 65.3 Å². The van der Waals surface area contributed by atoms with Gasteiger partial charge in [0, 0.05) is 24.2 Å². The van der Waals surface area contributed by atoms with Crippen LogP contribution in [0.1, 0.15) is 66.0 Å². The van der Waals surface area contributed by atoms with Crippen LogP contribution in [-0.4, -0.2) is 23.9 Å². The van der Waals surface area contributed by atoms with E-state index in [-0.39, 0.29) is 23.4 Å². The highest BCUT2D eigenvalue weighted by Crippen LogP contribution is 2.42. The summed E-state index contributed by atoms with van der Waals surface area (Å²) in [4.78, 5) is 56.9. The Kier molecular flexibility index (Phi) is 8.29. The fourth-order valence-corrected chi connectivity index (χ4v) is 3.41. The molecule has 0 saturated heterocycles. The molecule has 202 valence electrons. The van der Waals surface area contributed by atoms with E-state index in [1.807, 2.05) is 30.3 Å². The first-order valence-corrected chi connectivity index (χ1v) is 12.5. The van der Waals surface area contributed by atoms with Gasteiger partial charge in [0.05, 0.1) is 22.1 Å². The number of hydrogen-bond donors (Lipinski definition) is 2. The molecule has 38 heavy (non-hydrogen) atoms. The molecule has 3 rings (SSSR count). The molecule has 0 unspecified atom stereocenters. The Morgan fingerprint density at radius 1 is 0.895 bits per heavy atom. The summed E-state index contributed by atoms with van der Waals surface area (Å²) in [6, 6.07) is 13.8. The molecule has 1 aliphatic heterocycles. The van der Waals surface area contributed by atoms with Crippen LogP contribution in [0.15, 0.2) is 54.3 Å². The van der Waals surface area contributed by atoms with Crippen LogP contribution >= 0.6 is 0 Å². The summed E-state index contributed by atoms with van der Waals surface area (Å²) in [5.41, 5.74) is 0.449. The lowest BCUT2D eigenvalue weighted by atomic mass is 9.97. The van der Waals surface area contributed by atoms with Crippen molar-refractivity contribution in [3.8, 4) is 0 Å². The van der Waals surface area contributed by atoms with Crippen molar-refractivity contribution in [3.05, 3.63) is 65.4 Å². The van der Waals surface area contributed by atoms with E-state index in [1.165, 1.54) is 6.07 Å². The molecule has 0 aliphatic carbocycles. The van der Waals surface area contributed by atoms with E-state index >= 15 is 0 Å². The molecular formula is C29H35N3O6. The molecule has 0 radical (unpaired) electrons. The Hall–Kier alpha value is -4.14. The van der Waals surface area contributed by atoms with Gasteiger partial charge < -0.3 is 20.2 Å². The number of ether oxygens (including phenoxy) is 1. The van der Waals surface area contributed by atoms with Crippen LogP contribution in [0.2, 0.25) is 0 Å². The third-order valence-electron chi connectivity index (χ3n) is 5.65. The molecule has 0 fully saturated rings. The SMILES string of the molecule is CC/C(OC(=O)C(C)(C)C)=C1/C(=O)N(OC(=O)C(C)(C)C)c2cc(NC(=O)NCc3ccccc3)ccc21. The number of rotatable bonds is 6. The summed E-state index contributed by atoms with van der Waals surface area (Å²) in [5, 5.41) is 6.41. The molecule has 1 heterocycles. The fourth-order valence-electron chi connectivity index (χ4n) is 3.41. The second-order valence-corrected chi connectivity index (χ2v) is 11.0. The number of carbonyl (C=O) groups is 4. The maximum atomic E-state index is 13.5. The van der Waals surface area contributed by atoms with Crippen molar-refractivity contribution in [3.63, 3.8) is 0 Å². The first-order valence-electron chi connectivity index (χ1n) is 12.5. The van der Waals surface area contributed by atoms with Gasteiger partial charge in [-0.3, -0.25) is 9.59 Å². The molecule has 2 N–H and O–H groups in total. The Bertz CT molecular complexity index is 1270. The van der Waals surface area contributed by atoms with Gasteiger partial charge in [-0.2, -0.15) is 0 Å². The van der Waals surface area contributed by atoms with Gasteiger partial charge in [0.1, 0.15) is 5.76 Å². The number of carbonyl (C=O) groups excluding carboxylic acids is 4. The lowest BCUT2D eigenvalue weighted by Crippen LogP contribution is -2.35. The van der Waals surface area contributed by atoms with Gasteiger partial charge in [-0.25, -0.2) is 9.59 Å². The number of hydroxylamine groups is 1. The Balaban J connectivity index is 1.96. The maximum Gasteiger partial charge on any atom is 0.338 e. The van der Waals surface area contributed by atoms with Gasteiger partial charge in [-0.15, -0.1) is 5.06 Å². The molecule has 1 aliphatic rings. The number of anilines is 2. The van der Waals surface area contributed by atoms with Crippen LogP contribution in [0.25, 0.3) is 5.57 Å². The number of nitrogens with one attached hydrogen (secondary N) is 2. The predicted molar refractivity (Wildman–Crippen MR) is 145 cm³/mol. The number of urea groups is 1. The number of nitrogens with zero attached hydrogens (tertiary/aromatic N) is 1. The normalized spacial score (nSPS) is 14.5. The van der Waals surface area contributed by atoms with Crippen LogP contribution < -0.4 is 15.7 Å². The Labute approximate surface area is 223 Å². The topological polar surface area (TPSA) is 114 Å². The third kappa shape index (κ3) is 6.59.